The summed E-state index contributed by atoms with van der Waals surface area (Å²) in [5.41, 5.74) is 0. The molecule has 8 nitrogen and oxygen atoms in total. The van der Waals surface area contributed by atoms with Crippen molar-refractivity contribution in [1.82, 2.24) is 15.1 Å². The minimum Gasteiger partial charge on any atom is -0.348 e. The molecular formula is C18H41F3N3O5P. The third-order valence-corrected chi connectivity index (χ3v) is 4.58. The molecule has 30 heavy (non-hydrogen) atoms. The Morgan fingerprint density at radius 1 is 0.867 bits per heavy atom. The van der Waals surface area contributed by atoms with E-state index in [0.29, 0.717) is 0 Å². The summed E-state index contributed by atoms with van der Waals surface area (Å²) in [6.45, 7) is 19.7. The maximum absolute atomic E-state index is 11.6. The number of phosphoric acid groups is 1. The Labute approximate surface area is 179 Å². The van der Waals surface area contributed by atoms with E-state index in [1.54, 1.807) is 5.32 Å². The van der Waals surface area contributed by atoms with Crippen LogP contribution in [-0.4, -0.2) is 84.1 Å². The van der Waals surface area contributed by atoms with Crippen molar-refractivity contribution in [2.24, 2.45) is 0 Å². The number of nitrogens with one attached hydrogen (secondary N) is 1. The first-order valence-corrected chi connectivity index (χ1v) is 11.8. The number of hydrogen-bond acceptors (Lipinski definition) is 5. The molecule has 0 unspecified atom stereocenters. The van der Waals surface area contributed by atoms with E-state index in [-0.39, 0.29) is 26.0 Å². The van der Waals surface area contributed by atoms with Crippen LogP contribution in [0.3, 0.4) is 0 Å². The van der Waals surface area contributed by atoms with Crippen LogP contribution in [0, 0.1) is 0 Å². The molecule has 184 valence electrons. The standard InChI is InChI=1S/C6H11F3NO5P.2C6H15N/c7-6(8,9)5(11)10-3-1-2-4-15-16(12,13)14;2*1-4-7(5-2)6-3/h1-4H2,(H,10,11)(H2,12,13,14);2*4-6H2,1-3H3. The molecule has 1 amide bonds. The number of hydrogen-bond donors (Lipinski definition) is 3. The number of unbranched alkanes of at least 4 members (excludes halogenated alkanes) is 1. The lowest BCUT2D eigenvalue weighted by Crippen LogP contribution is -2.37. The summed E-state index contributed by atoms with van der Waals surface area (Å²) < 4.78 is 49.1. The van der Waals surface area contributed by atoms with Crippen LogP contribution in [0.5, 0.6) is 0 Å². The summed E-state index contributed by atoms with van der Waals surface area (Å²) in [7, 11) is -4.53. The van der Waals surface area contributed by atoms with Crippen molar-refractivity contribution in [3.63, 3.8) is 0 Å². The van der Waals surface area contributed by atoms with Gasteiger partial charge in [-0.3, -0.25) is 9.32 Å². The van der Waals surface area contributed by atoms with Gasteiger partial charge in [0.2, 0.25) is 0 Å². The third-order valence-electron chi connectivity index (χ3n) is 4.06. The van der Waals surface area contributed by atoms with Gasteiger partial charge in [-0.1, -0.05) is 41.5 Å². The summed E-state index contributed by atoms with van der Waals surface area (Å²) in [6, 6.07) is 0. The van der Waals surface area contributed by atoms with Crippen molar-refractivity contribution in [2.75, 3.05) is 52.4 Å². The molecule has 0 fully saturated rings. The average Bonchev–Trinajstić information content (AvgIpc) is 2.66. The zero-order chi connectivity index (χ0) is 24.2. The van der Waals surface area contributed by atoms with Crippen molar-refractivity contribution >= 4 is 13.7 Å². The van der Waals surface area contributed by atoms with Crippen LogP contribution < -0.4 is 5.32 Å². The van der Waals surface area contributed by atoms with Crippen LogP contribution in [0.15, 0.2) is 0 Å². The van der Waals surface area contributed by atoms with Crippen molar-refractivity contribution in [2.45, 2.75) is 60.6 Å². The second-order valence-electron chi connectivity index (χ2n) is 6.02. The molecule has 0 bridgehead atoms. The van der Waals surface area contributed by atoms with E-state index in [2.05, 4.69) is 55.9 Å². The topological polar surface area (TPSA) is 102 Å². The number of phosphoric ester groups is 1. The van der Waals surface area contributed by atoms with Gasteiger partial charge in [-0.15, -0.1) is 0 Å². The van der Waals surface area contributed by atoms with Crippen molar-refractivity contribution < 1.29 is 36.8 Å². The molecule has 0 aromatic carbocycles. The molecule has 0 rings (SSSR count). The molecule has 0 saturated carbocycles. The summed E-state index contributed by atoms with van der Waals surface area (Å²) in [4.78, 5) is 31.5. The summed E-state index contributed by atoms with van der Waals surface area (Å²) >= 11 is 0. The molecule has 12 heteroatoms. The first-order chi connectivity index (χ1) is 13.8. The van der Waals surface area contributed by atoms with Crippen molar-refractivity contribution in [1.29, 1.82) is 0 Å². The van der Waals surface area contributed by atoms with Crippen molar-refractivity contribution in [3.8, 4) is 0 Å². The molecule has 0 aliphatic heterocycles. The fourth-order valence-electron chi connectivity index (χ4n) is 2.05. The predicted octanol–water partition coefficient (Wildman–Crippen LogP) is 3.25. The Morgan fingerprint density at radius 2 is 1.23 bits per heavy atom. The minimum atomic E-state index is -4.91. The summed E-state index contributed by atoms with van der Waals surface area (Å²) in [5.74, 6) is -2.04. The smallest absolute Gasteiger partial charge is 0.348 e. The molecular weight excluding hydrogens is 426 g/mol. The highest BCUT2D eigenvalue weighted by atomic mass is 31.2. The first-order valence-electron chi connectivity index (χ1n) is 10.3. The van der Waals surface area contributed by atoms with E-state index in [4.69, 9.17) is 9.79 Å². The van der Waals surface area contributed by atoms with E-state index < -0.39 is 19.9 Å². The number of halogens is 3. The predicted molar refractivity (Wildman–Crippen MR) is 113 cm³/mol. The molecule has 0 aromatic rings. The largest absolute Gasteiger partial charge is 0.471 e. The number of carbonyl (C=O) groups excluding carboxylic acids is 1. The van der Waals surface area contributed by atoms with Gasteiger partial charge < -0.3 is 24.9 Å². The quantitative estimate of drug-likeness (QED) is 0.299. The van der Waals surface area contributed by atoms with Crippen LogP contribution in [-0.2, 0) is 13.9 Å². The normalized spacial score (nSPS) is 11.5. The lowest BCUT2D eigenvalue weighted by Gasteiger charge is -2.13. The monoisotopic (exact) mass is 467 g/mol. The molecule has 0 saturated heterocycles. The highest BCUT2D eigenvalue weighted by Gasteiger charge is 2.38. The van der Waals surface area contributed by atoms with Crippen molar-refractivity contribution in [3.05, 3.63) is 0 Å². The Morgan fingerprint density at radius 3 is 1.47 bits per heavy atom. The SMILES string of the molecule is CCN(CC)CC.CCN(CC)CC.O=C(NCCCCOP(=O)(O)O)C(F)(F)F. The second-order valence-corrected chi connectivity index (χ2v) is 7.26. The van der Waals surface area contributed by atoms with E-state index >= 15 is 0 Å². The van der Waals surface area contributed by atoms with Crippen LogP contribution in [0.1, 0.15) is 54.4 Å². The number of rotatable bonds is 12. The van der Waals surface area contributed by atoms with Gasteiger partial charge in [-0.2, -0.15) is 13.2 Å². The lowest BCUT2D eigenvalue weighted by atomic mass is 10.3. The molecule has 0 atom stereocenters. The summed E-state index contributed by atoms with van der Waals surface area (Å²) in [6.07, 6.45) is -4.66. The highest BCUT2D eigenvalue weighted by Crippen LogP contribution is 2.35. The first kappa shape index (κ1) is 33.9. The molecule has 0 aromatic heterocycles. The van der Waals surface area contributed by atoms with Gasteiger partial charge in [0.05, 0.1) is 6.61 Å². The number of alkyl halides is 3. The van der Waals surface area contributed by atoms with Gasteiger partial charge in [-0.25, -0.2) is 4.57 Å². The van der Waals surface area contributed by atoms with Crippen LogP contribution >= 0.6 is 7.82 Å². The zero-order valence-electron chi connectivity index (χ0n) is 19.2. The fourth-order valence-corrected chi connectivity index (χ4v) is 2.42. The van der Waals surface area contributed by atoms with Gasteiger partial charge >= 0.3 is 19.9 Å². The minimum absolute atomic E-state index is 0.127. The Balaban J connectivity index is -0.000000430. The molecule has 0 aliphatic carbocycles. The third kappa shape index (κ3) is 25.3. The van der Waals surface area contributed by atoms with Gasteiger partial charge in [0.1, 0.15) is 0 Å². The fraction of sp³-hybridized carbons (Fsp3) is 0.944. The van der Waals surface area contributed by atoms with Gasteiger partial charge in [-0.05, 0) is 52.1 Å². The molecule has 3 N–H and O–H groups in total. The Hall–Kier alpha value is -0.710. The second kappa shape index (κ2) is 20.2. The zero-order valence-corrected chi connectivity index (χ0v) is 20.1. The number of carbonyl (C=O) groups is 1. The maximum Gasteiger partial charge on any atom is 0.471 e. The molecule has 0 aliphatic rings. The van der Waals surface area contributed by atoms with E-state index in [1.807, 2.05) is 0 Å². The summed E-state index contributed by atoms with van der Waals surface area (Å²) in [5, 5.41) is 1.61. The molecule has 0 radical (unpaired) electrons. The van der Waals surface area contributed by atoms with E-state index in [0.717, 1.165) is 0 Å². The van der Waals surface area contributed by atoms with Crippen LogP contribution in [0.2, 0.25) is 0 Å². The van der Waals surface area contributed by atoms with E-state index in [9.17, 15) is 22.5 Å². The average molecular weight is 468 g/mol. The van der Waals surface area contributed by atoms with E-state index in [1.165, 1.54) is 39.3 Å². The number of nitrogens with zero attached hydrogens (tertiary/aromatic N) is 2. The van der Waals surface area contributed by atoms with Crippen LogP contribution in [0.4, 0.5) is 13.2 Å². The maximum atomic E-state index is 11.6. The highest BCUT2D eigenvalue weighted by molar-refractivity contribution is 7.46. The Kier molecular flexibility index (Phi) is 22.8. The van der Waals surface area contributed by atoms with Gasteiger partial charge in [0.25, 0.3) is 0 Å². The van der Waals surface area contributed by atoms with Crippen LogP contribution in [0.25, 0.3) is 0 Å². The lowest BCUT2D eigenvalue weighted by molar-refractivity contribution is -0.173. The molecule has 0 spiro atoms. The van der Waals surface area contributed by atoms with Gasteiger partial charge in [0.15, 0.2) is 0 Å². The van der Waals surface area contributed by atoms with Gasteiger partial charge in [0, 0.05) is 6.54 Å². The Bertz CT molecular complexity index is 420. The molecule has 0 heterocycles. The number of amides is 1.